The van der Waals surface area contributed by atoms with E-state index in [1.54, 1.807) is 0 Å². The number of nitrogens with zero attached hydrogens (tertiary/aromatic N) is 1. The van der Waals surface area contributed by atoms with Crippen LogP contribution in [0.5, 0.6) is 0 Å². The Morgan fingerprint density at radius 2 is 2.33 bits per heavy atom. The van der Waals surface area contributed by atoms with E-state index in [0.717, 1.165) is 18.9 Å². The lowest BCUT2D eigenvalue weighted by Gasteiger charge is -2.06. The van der Waals surface area contributed by atoms with Crippen LogP contribution in [0.25, 0.3) is 0 Å². The van der Waals surface area contributed by atoms with Crippen molar-refractivity contribution in [1.29, 1.82) is 0 Å². The molecule has 0 saturated carbocycles. The third-order valence-electron chi connectivity index (χ3n) is 2.46. The lowest BCUT2D eigenvalue weighted by atomic mass is 10.0. The van der Waals surface area contributed by atoms with Crippen LogP contribution in [0.3, 0.4) is 0 Å². The summed E-state index contributed by atoms with van der Waals surface area (Å²) in [6.45, 7) is 3.32. The van der Waals surface area contributed by atoms with Crippen molar-refractivity contribution < 1.29 is 0 Å². The third-order valence-corrected chi connectivity index (χ3v) is 2.46. The van der Waals surface area contributed by atoms with Crippen molar-refractivity contribution in [2.75, 3.05) is 26.7 Å². The Hall–Kier alpha value is -0.340. The van der Waals surface area contributed by atoms with Gasteiger partial charge in [0, 0.05) is 6.54 Å². The molecule has 0 aromatic rings. The van der Waals surface area contributed by atoms with Crippen molar-refractivity contribution in [3.05, 3.63) is 12.2 Å². The van der Waals surface area contributed by atoms with Crippen molar-refractivity contribution in [3.8, 4) is 0 Å². The Morgan fingerprint density at radius 3 is 2.92 bits per heavy atom. The Bertz CT molecular complexity index is 143. The van der Waals surface area contributed by atoms with Gasteiger partial charge in [-0.2, -0.15) is 0 Å². The summed E-state index contributed by atoms with van der Waals surface area (Å²) in [4.78, 5) is 2.40. The molecule has 2 nitrogen and oxygen atoms in total. The molecule has 0 radical (unpaired) electrons. The van der Waals surface area contributed by atoms with E-state index >= 15 is 0 Å². The Kier molecular flexibility index (Phi) is 4.33. The molecule has 2 heteroatoms. The first-order valence-electron chi connectivity index (χ1n) is 4.86. The maximum Gasteiger partial charge on any atom is 0.00100 e. The normalized spacial score (nSPS) is 25.7. The fourth-order valence-electron chi connectivity index (χ4n) is 1.72. The van der Waals surface area contributed by atoms with Crippen LogP contribution in [0.1, 0.15) is 19.3 Å². The summed E-state index contributed by atoms with van der Waals surface area (Å²) in [5.74, 6) is 0.893. The first kappa shape index (κ1) is 9.75. The average molecular weight is 168 g/mol. The lowest BCUT2D eigenvalue weighted by Crippen LogP contribution is -2.13. The Labute approximate surface area is 75.4 Å². The topological polar surface area (TPSA) is 29.3 Å². The highest BCUT2D eigenvalue weighted by molar-refractivity contribution is 4.87. The molecule has 0 spiro atoms. The highest BCUT2D eigenvalue weighted by Crippen LogP contribution is 2.17. The molecule has 12 heavy (non-hydrogen) atoms. The molecule has 1 unspecified atom stereocenters. The molecule has 0 bridgehead atoms. The minimum Gasteiger partial charge on any atom is -0.330 e. The predicted octanol–water partition coefficient (Wildman–Crippen LogP) is 1.23. The summed E-state index contributed by atoms with van der Waals surface area (Å²) in [5, 5.41) is 0. The van der Waals surface area contributed by atoms with E-state index in [2.05, 4.69) is 24.1 Å². The van der Waals surface area contributed by atoms with Crippen LogP contribution in [-0.2, 0) is 0 Å². The minimum atomic E-state index is 0.779. The van der Waals surface area contributed by atoms with Gasteiger partial charge in [0.1, 0.15) is 0 Å². The van der Waals surface area contributed by atoms with Crippen LogP contribution in [0.2, 0.25) is 0 Å². The van der Waals surface area contributed by atoms with E-state index < -0.39 is 0 Å². The van der Waals surface area contributed by atoms with Crippen molar-refractivity contribution >= 4 is 0 Å². The van der Waals surface area contributed by atoms with E-state index in [1.165, 1.54) is 25.9 Å². The summed E-state index contributed by atoms with van der Waals surface area (Å²) < 4.78 is 0. The van der Waals surface area contributed by atoms with Gasteiger partial charge in [-0.3, -0.25) is 0 Å². The van der Waals surface area contributed by atoms with E-state index in [0.29, 0.717) is 0 Å². The quantitative estimate of drug-likeness (QED) is 0.640. The number of rotatable bonds is 4. The van der Waals surface area contributed by atoms with Gasteiger partial charge in [0.15, 0.2) is 0 Å². The molecule has 0 aliphatic carbocycles. The van der Waals surface area contributed by atoms with Crippen LogP contribution in [0, 0.1) is 5.92 Å². The molecule has 0 aromatic heterocycles. The summed E-state index contributed by atoms with van der Waals surface area (Å²) in [6.07, 6.45) is 8.13. The van der Waals surface area contributed by atoms with E-state index in [9.17, 15) is 0 Å². The highest BCUT2D eigenvalue weighted by Gasteiger charge is 2.17. The van der Waals surface area contributed by atoms with Crippen LogP contribution in [-0.4, -0.2) is 31.6 Å². The number of allylic oxidation sites excluding steroid dienone is 1. The largest absolute Gasteiger partial charge is 0.330 e. The highest BCUT2D eigenvalue weighted by atomic mass is 15.1. The maximum atomic E-state index is 5.39. The fourth-order valence-corrected chi connectivity index (χ4v) is 1.72. The first-order chi connectivity index (χ1) is 5.83. The predicted molar refractivity (Wildman–Crippen MR) is 53.0 cm³/mol. The van der Waals surface area contributed by atoms with Crippen LogP contribution in [0.4, 0.5) is 0 Å². The van der Waals surface area contributed by atoms with Gasteiger partial charge in [-0.05, 0) is 45.3 Å². The summed E-state index contributed by atoms with van der Waals surface area (Å²) in [5.41, 5.74) is 5.39. The molecule has 1 atom stereocenters. The van der Waals surface area contributed by atoms with E-state index in [1.807, 2.05) is 0 Å². The van der Waals surface area contributed by atoms with Crippen LogP contribution in [0.15, 0.2) is 12.2 Å². The zero-order chi connectivity index (χ0) is 8.81. The third kappa shape index (κ3) is 3.37. The van der Waals surface area contributed by atoms with Crippen molar-refractivity contribution in [2.24, 2.45) is 11.7 Å². The molecule has 0 amide bonds. The summed E-state index contributed by atoms with van der Waals surface area (Å²) in [7, 11) is 2.20. The molecule has 1 rings (SSSR count). The second-order valence-electron chi connectivity index (χ2n) is 3.70. The van der Waals surface area contributed by atoms with E-state index in [-0.39, 0.29) is 0 Å². The molecule has 70 valence electrons. The molecule has 2 N–H and O–H groups in total. The van der Waals surface area contributed by atoms with Gasteiger partial charge in [0.2, 0.25) is 0 Å². The van der Waals surface area contributed by atoms with Crippen LogP contribution < -0.4 is 5.73 Å². The smallest absolute Gasteiger partial charge is 0.00100 e. The second kappa shape index (κ2) is 5.33. The molecule has 1 aliphatic heterocycles. The second-order valence-corrected chi connectivity index (χ2v) is 3.70. The van der Waals surface area contributed by atoms with Crippen molar-refractivity contribution in [1.82, 2.24) is 4.90 Å². The van der Waals surface area contributed by atoms with Crippen molar-refractivity contribution in [2.45, 2.75) is 19.3 Å². The first-order valence-corrected chi connectivity index (χ1v) is 4.86. The van der Waals surface area contributed by atoms with Gasteiger partial charge in [-0.1, -0.05) is 12.2 Å². The van der Waals surface area contributed by atoms with E-state index in [4.69, 9.17) is 5.73 Å². The Morgan fingerprint density at radius 1 is 1.50 bits per heavy atom. The number of hydrogen-bond donors (Lipinski definition) is 1. The van der Waals surface area contributed by atoms with Gasteiger partial charge >= 0.3 is 0 Å². The van der Waals surface area contributed by atoms with Gasteiger partial charge in [-0.25, -0.2) is 0 Å². The monoisotopic (exact) mass is 168 g/mol. The number of likely N-dealkylation sites (tertiary alicyclic amines) is 1. The summed E-state index contributed by atoms with van der Waals surface area (Å²) >= 11 is 0. The maximum absolute atomic E-state index is 5.39. The van der Waals surface area contributed by atoms with Gasteiger partial charge in [0.25, 0.3) is 0 Å². The molecule has 0 aromatic carbocycles. The minimum absolute atomic E-state index is 0.779. The Balaban J connectivity index is 2.07. The number of nitrogens with two attached hydrogens (primary N) is 1. The lowest BCUT2D eigenvalue weighted by molar-refractivity contribution is 0.396. The standard InChI is InChI=1S/C10H20N2/c1-12-8-6-10(9-12)5-3-2-4-7-11/h2-3,10H,4-9,11H2,1H3/b3-2-. The zero-order valence-corrected chi connectivity index (χ0v) is 8.00. The molecule has 1 fully saturated rings. The average Bonchev–Trinajstić information content (AvgIpc) is 2.45. The van der Waals surface area contributed by atoms with Gasteiger partial charge in [0.05, 0.1) is 0 Å². The molecular formula is C10H20N2. The fraction of sp³-hybridized carbons (Fsp3) is 0.800. The van der Waals surface area contributed by atoms with Gasteiger partial charge in [-0.15, -0.1) is 0 Å². The SMILES string of the molecule is CN1CCC(C/C=C\CCN)C1. The molecule has 1 aliphatic rings. The molecule has 1 saturated heterocycles. The zero-order valence-electron chi connectivity index (χ0n) is 8.00. The molecule has 1 heterocycles. The van der Waals surface area contributed by atoms with Crippen LogP contribution >= 0.6 is 0 Å². The number of hydrogen-bond acceptors (Lipinski definition) is 2. The van der Waals surface area contributed by atoms with Crippen molar-refractivity contribution in [3.63, 3.8) is 0 Å². The molecular weight excluding hydrogens is 148 g/mol. The summed E-state index contributed by atoms with van der Waals surface area (Å²) in [6, 6.07) is 0. The van der Waals surface area contributed by atoms with Gasteiger partial charge < -0.3 is 10.6 Å².